The van der Waals surface area contributed by atoms with E-state index >= 15 is 0 Å². The van der Waals surface area contributed by atoms with Gasteiger partial charge >= 0.3 is 0 Å². The Hall–Kier alpha value is -0.170. The highest BCUT2D eigenvalue weighted by molar-refractivity contribution is 7.89. The monoisotopic (exact) mass is 262 g/mol. The fourth-order valence-corrected chi connectivity index (χ4v) is 4.36. The van der Waals surface area contributed by atoms with Gasteiger partial charge in [0.05, 0.1) is 12.4 Å². The predicted octanol–water partition coefficient (Wildman–Crippen LogP) is 0.212. The zero-order valence-electron chi connectivity index (χ0n) is 10.1. The first kappa shape index (κ1) is 13.3. The Labute approximate surface area is 103 Å². The van der Waals surface area contributed by atoms with Crippen LogP contribution in [0.3, 0.4) is 0 Å². The van der Waals surface area contributed by atoms with E-state index in [1.54, 1.807) is 0 Å². The minimum absolute atomic E-state index is 0.0334. The van der Waals surface area contributed by atoms with Gasteiger partial charge in [-0.2, -0.15) is 0 Å². The Morgan fingerprint density at radius 3 is 2.76 bits per heavy atom. The summed E-state index contributed by atoms with van der Waals surface area (Å²) in [6, 6.07) is 0.178. The van der Waals surface area contributed by atoms with Crippen molar-refractivity contribution in [2.75, 3.05) is 19.0 Å². The zero-order chi connectivity index (χ0) is 12.3. The van der Waals surface area contributed by atoms with E-state index in [4.69, 9.17) is 10.5 Å². The van der Waals surface area contributed by atoms with E-state index in [0.29, 0.717) is 13.2 Å². The summed E-state index contributed by atoms with van der Waals surface area (Å²) in [7, 11) is -3.17. The van der Waals surface area contributed by atoms with Gasteiger partial charge in [0.25, 0.3) is 0 Å². The Kier molecular flexibility index (Phi) is 4.41. The molecule has 3 unspecified atom stereocenters. The molecular formula is C11H22N2O3S. The number of nitrogens with one attached hydrogen (secondary N) is 1. The van der Waals surface area contributed by atoms with Crippen molar-refractivity contribution >= 4 is 10.0 Å². The molecular weight excluding hydrogens is 240 g/mol. The van der Waals surface area contributed by atoms with E-state index in [2.05, 4.69) is 4.72 Å². The molecule has 3 N–H and O–H groups in total. The third kappa shape index (κ3) is 4.21. The van der Waals surface area contributed by atoms with Gasteiger partial charge in [0, 0.05) is 18.7 Å². The first-order valence-electron chi connectivity index (χ1n) is 6.38. The lowest BCUT2D eigenvalue weighted by Crippen LogP contribution is -2.43. The van der Waals surface area contributed by atoms with Gasteiger partial charge < -0.3 is 10.5 Å². The fraction of sp³-hybridized carbons (Fsp3) is 1.00. The molecule has 17 heavy (non-hydrogen) atoms. The van der Waals surface area contributed by atoms with E-state index < -0.39 is 10.0 Å². The lowest BCUT2D eigenvalue weighted by atomic mass is 9.92. The molecule has 0 aromatic carbocycles. The molecule has 1 saturated heterocycles. The average molecular weight is 262 g/mol. The number of rotatable bonds is 4. The van der Waals surface area contributed by atoms with Gasteiger partial charge in [-0.1, -0.05) is 6.42 Å². The summed E-state index contributed by atoms with van der Waals surface area (Å²) >= 11 is 0. The van der Waals surface area contributed by atoms with Crippen LogP contribution in [0.1, 0.15) is 32.1 Å². The van der Waals surface area contributed by atoms with Gasteiger partial charge in [-0.15, -0.1) is 0 Å². The maximum Gasteiger partial charge on any atom is 0.212 e. The number of hydrogen-bond acceptors (Lipinski definition) is 4. The summed E-state index contributed by atoms with van der Waals surface area (Å²) in [5.41, 5.74) is 5.85. The normalized spacial score (nSPS) is 35.0. The summed E-state index contributed by atoms with van der Waals surface area (Å²) in [4.78, 5) is 0. The zero-order valence-corrected chi connectivity index (χ0v) is 10.9. The van der Waals surface area contributed by atoms with Crippen molar-refractivity contribution in [3.8, 4) is 0 Å². The van der Waals surface area contributed by atoms with Gasteiger partial charge in [-0.3, -0.25) is 0 Å². The second kappa shape index (κ2) is 5.65. The van der Waals surface area contributed by atoms with Gasteiger partial charge in [-0.25, -0.2) is 13.1 Å². The summed E-state index contributed by atoms with van der Waals surface area (Å²) in [5, 5.41) is 0. The van der Waals surface area contributed by atoms with Crippen LogP contribution >= 0.6 is 0 Å². The molecule has 0 spiro atoms. The number of sulfonamides is 1. The van der Waals surface area contributed by atoms with Crippen LogP contribution in [0.25, 0.3) is 0 Å². The molecule has 0 aromatic rings. The molecule has 0 radical (unpaired) electrons. The van der Waals surface area contributed by atoms with Gasteiger partial charge in [0.2, 0.25) is 10.0 Å². The van der Waals surface area contributed by atoms with E-state index in [1.807, 2.05) is 0 Å². The smallest absolute Gasteiger partial charge is 0.212 e. The molecule has 5 nitrogen and oxygen atoms in total. The van der Waals surface area contributed by atoms with Crippen LogP contribution in [-0.2, 0) is 14.8 Å². The third-order valence-corrected chi connectivity index (χ3v) is 5.14. The van der Waals surface area contributed by atoms with Crippen molar-refractivity contribution in [2.45, 2.75) is 44.2 Å². The second-order valence-corrected chi connectivity index (χ2v) is 7.05. The van der Waals surface area contributed by atoms with E-state index in [1.165, 1.54) is 0 Å². The first-order valence-corrected chi connectivity index (χ1v) is 8.04. The second-order valence-electron chi connectivity index (χ2n) is 5.25. The topological polar surface area (TPSA) is 81.4 Å². The number of ether oxygens (including phenoxy) is 1. The van der Waals surface area contributed by atoms with Crippen molar-refractivity contribution in [3.63, 3.8) is 0 Å². The van der Waals surface area contributed by atoms with Gasteiger partial charge in [-0.05, 0) is 31.6 Å². The van der Waals surface area contributed by atoms with Crippen molar-refractivity contribution in [2.24, 2.45) is 11.7 Å². The van der Waals surface area contributed by atoms with Crippen LogP contribution in [0.5, 0.6) is 0 Å². The van der Waals surface area contributed by atoms with Crippen molar-refractivity contribution < 1.29 is 13.2 Å². The predicted molar refractivity (Wildman–Crippen MR) is 66.1 cm³/mol. The molecule has 0 aromatic heterocycles. The van der Waals surface area contributed by atoms with Crippen molar-refractivity contribution in [1.82, 2.24) is 4.72 Å². The van der Waals surface area contributed by atoms with E-state index in [0.717, 1.165) is 32.1 Å². The molecule has 100 valence electrons. The van der Waals surface area contributed by atoms with E-state index in [-0.39, 0.29) is 23.8 Å². The first-order chi connectivity index (χ1) is 8.05. The highest BCUT2D eigenvalue weighted by Crippen LogP contribution is 2.19. The summed E-state index contributed by atoms with van der Waals surface area (Å²) in [6.07, 6.45) is 4.55. The summed E-state index contributed by atoms with van der Waals surface area (Å²) in [5.74, 6) is 0.350. The van der Waals surface area contributed by atoms with Crippen LogP contribution in [0.2, 0.25) is 0 Å². The summed E-state index contributed by atoms with van der Waals surface area (Å²) in [6.45, 7) is 1.26. The molecule has 0 bridgehead atoms. The molecule has 2 fully saturated rings. The molecule has 1 saturated carbocycles. The van der Waals surface area contributed by atoms with Gasteiger partial charge in [0.1, 0.15) is 0 Å². The maximum absolute atomic E-state index is 12.0. The lowest BCUT2D eigenvalue weighted by molar-refractivity contribution is 0.188. The Balaban J connectivity index is 1.83. The van der Waals surface area contributed by atoms with E-state index in [9.17, 15) is 8.42 Å². The van der Waals surface area contributed by atoms with Crippen LogP contribution in [0.15, 0.2) is 0 Å². The van der Waals surface area contributed by atoms with Crippen LogP contribution < -0.4 is 10.5 Å². The molecule has 1 aliphatic carbocycles. The molecule has 1 heterocycles. The number of nitrogens with two attached hydrogens (primary N) is 1. The SMILES string of the molecule is NC1CCCC(NS(=O)(=O)CC2CCOC2)C1. The fourth-order valence-electron chi connectivity index (χ4n) is 2.66. The molecule has 2 aliphatic rings. The van der Waals surface area contributed by atoms with Crippen LogP contribution in [0, 0.1) is 5.92 Å². The molecule has 2 rings (SSSR count). The average Bonchev–Trinajstić information content (AvgIpc) is 2.68. The molecule has 3 atom stereocenters. The van der Waals surface area contributed by atoms with Crippen molar-refractivity contribution in [1.29, 1.82) is 0 Å². The van der Waals surface area contributed by atoms with Crippen LogP contribution in [-0.4, -0.2) is 39.5 Å². The molecule has 1 aliphatic heterocycles. The minimum Gasteiger partial charge on any atom is -0.381 e. The third-order valence-electron chi connectivity index (χ3n) is 3.54. The quantitative estimate of drug-likeness (QED) is 0.759. The standard InChI is InChI=1S/C11H22N2O3S/c12-10-2-1-3-11(6-10)13-17(14,15)8-9-4-5-16-7-9/h9-11,13H,1-8,12H2. The minimum atomic E-state index is -3.17. The maximum atomic E-state index is 12.0. The Bertz CT molecular complexity index is 339. The van der Waals surface area contributed by atoms with Crippen molar-refractivity contribution in [3.05, 3.63) is 0 Å². The number of hydrogen-bond donors (Lipinski definition) is 2. The largest absolute Gasteiger partial charge is 0.381 e. The highest BCUT2D eigenvalue weighted by atomic mass is 32.2. The summed E-state index contributed by atoms with van der Waals surface area (Å²) < 4.78 is 31.9. The van der Waals surface area contributed by atoms with Crippen LogP contribution in [0.4, 0.5) is 0 Å². The van der Waals surface area contributed by atoms with Gasteiger partial charge in [0.15, 0.2) is 0 Å². The highest BCUT2D eigenvalue weighted by Gasteiger charge is 2.27. The Morgan fingerprint density at radius 2 is 2.12 bits per heavy atom. The lowest BCUT2D eigenvalue weighted by Gasteiger charge is -2.27. The molecule has 0 amide bonds. The Morgan fingerprint density at radius 1 is 1.29 bits per heavy atom. The molecule has 6 heteroatoms.